The average Bonchev–Trinajstić information content (AvgIpc) is 3.04. The average molecular weight is 335 g/mol. The van der Waals surface area contributed by atoms with E-state index in [1.165, 1.54) is 13.2 Å². The van der Waals surface area contributed by atoms with Crippen LogP contribution in [0.1, 0.15) is 24.3 Å². The van der Waals surface area contributed by atoms with Gasteiger partial charge in [-0.05, 0) is 18.6 Å². The number of ether oxygens (including phenoxy) is 1. The molecule has 8 heteroatoms. The summed E-state index contributed by atoms with van der Waals surface area (Å²) in [4.78, 5) is 26.7. The van der Waals surface area contributed by atoms with Crippen LogP contribution in [0.5, 0.6) is 0 Å². The highest BCUT2D eigenvalue weighted by Crippen LogP contribution is 2.19. The van der Waals surface area contributed by atoms with Gasteiger partial charge < -0.3 is 14.6 Å². The Labute approximate surface area is 138 Å². The molecule has 0 saturated carbocycles. The third-order valence-corrected chi connectivity index (χ3v) is 3.34. The lowest BCUT2D eigenvalue weighted by atomic mass is 10.1. The van der Waals surface area contributed by atoms with E-state index in [2.05, 4.69) is 20.2 Å². The van der Waals surface area contributed by atoms with E-state index in [1.807, 2.05) is 0 Å². The molecule has 0 radical (unpaired) electrons. The molecule has 0 spiro atoms. The Balaban J connectivity index is 1.84. The lowest BCUT2D eigenvalue weighted by Crippen LogP contribution is -2.26. The van der Waals surface area contributed by atoms with Gasteiger partial charge in [0.2, 0.25) is 17.6 Å². The van der Waals surface area contributed by atoms with E-state index in [9.17, 15) is 14.0 Å². The predicted molar refractivity (Wildman–Crippen MR) is 82.4 cm³/mol. The number of hydrogen-bond donors (Lipinski definition) is 1. The molecule has 2 rings (SSSR count). The van der Waals surface area contributed by atoms with Gasteiger partial charge in [0.15, 0.2) is 0 Å². The van der Waals surface area contributed by atoms with Crippen molar-refractivity contribution in [1.29, 1.82) is 0 Å². The highest BCUT2D eigenvalue weighted by Gasteiger charge is 2.12. The summed E-state index contributed by atoms with van der Waals surface area (Å²) >= 11 is 0. The highest BCUT2D eigenvalue weighted by molar-refractivity contribution is 5.77. The van der Waals surface area contributed by atoms with Crippen LogP contribution in [0.25, 0.3) is 11.4 Å². The molecule has 1 amide bonds. The van der Waals surface area contributed by atoms with Crippen molar-refractivity contribution in [2.24, 2.45) is 0 Å². The molecule has 0 fully saturated rings. The van der Waals surface area contributed by atoms with Gasteiger partial charge in [0, 0.05) is 24.9 Å². The van der Waals surface area contributed by atoms with Gasteiger partial charge in [0.1, 0.15) is 5.82 Å². The Kier molecular flexibility index (Phi) is 6.00. The first-order valence-electron chi connectivity index (χ1n) is 7.42. The summed E-state index contributed by atoms with van der Waals surface area (Å²) in [6, 6.07) is 4.67. The fourth-order valence-corrected chi connectivity index (χ4v) is 1.92. The van der Waals surface area contributed by atoms with E-state index >= 15 is 0 Å². The van der Waals surface area contributed by atoms with E-state index in [4.69, 9.17) is 4.52 Å². The number of aryl methyl sites for hydroxylation is 2. The van der Waals surface area contributed by atoms with Crippen LogP contribution >= 0.6 is 0 Å². The number of nitrogens with one attached hydrogen (secondary N) is 1. The molecular weight excluding hydrogens is 317 g/mol. The SMILES string of the molecule is COC(=O)CCNC(=O)CCc1nc(-c2ccc(C)c(F)c2)no1. The molecule has 1 aromatic heterocycles. The summed E-state index contributed by atoms with van der Waals surface area (Å²) in [5.74, 6) is -0.407. The number of amides is 1. The van der Waals surface area contributed by atoms with Gasteiger partial charge >= 0.3 is 5.97 Å². The fraction of sp³-hybridized carbons (Fsp3) is 0.375. The Hall–Kier alpha value is -2.77. The van der Waals surface area contributed by atoms with E-state index in [0.717, 1.165) is 0 Å². The third-order valence-electron chi connectivity index (χ3n) is 3.34. The quantitative estimate of drug-likeness (QED) is 0.775. The van der Waals surface area contributed by atoms with Crippen molar-refractivity contribution in [2.75, 3.05) is 13.7 Å². The summed E-state index contributed by atoms with van der Waals surface area (Å²) in [5, 5.41) is 6.38. The third kappa shape index (κ3) is 4.87. The fourth-order valence-electron chi connectivity index (χ4n) is 1.92. The number of halogens is 1. The largest absolute Gasteiger partial charge is 0.469 e. The van der Waals surface area contributed by atoms with Crippen LogP contribution in [0.3, 0.4) is 0 Å². The molecule has 0 aliphatic heterocycles. The van der Waals surface area contributed by atoms with Gasteiger partial charge in [0.25, 0.3) is 0 Å². The molecule has 7 nitrogen and oxygen atoms in total. The van der Waals surface area contributed by atoms with Gasteiger partial charge in [-0.3, -0.25) is 9.59 Å². The molecule has 0 unspecified atom stereocenters. The van der Waals surface area contributed by atoms with Crippen molar-refractivity contribution >= 4 is 11.9 Å². The smallest absolute Gasteiger partial charge is 0.307 e. The Morgan fingerprint density at radius 1 is 1.33 bits per heavy atom. The lowest BCUT2D eigenvalue weighted by molar-refractivity contribution is -0.140. The van der Waals surface area contributed by atoms with Crippen LogP contribution in [0.15, 0.2) is 22.7 Å². The lowest BCUT2D eigenvalue weighted by Gasteiger charge is -2.02. The zero-order valence-corrected chi connectivity index (χ0v) is 13.5. The second kappa shape index (κ2) is 8.19. The van der Waals surface area contributed by atoms with E-state index < -0.39 is 0 Å². The maximum absolute atomic E-state index is 13.6. The van der Waals surface area contributed by atoms with Crippen LogP contribution in [-0.4, -0.2) is 35.7 Å². The summed E-state index contributed by atoms with van der Waals surface area (Å²) in [5.41, 5.74) is 1.04. The first-order valence-corrected chi connectivity index (χ1v) is 7.42. The van der Waals surface area contributed by atoms with Crippen molar-refractivity contribution < 1.29 is 23.2 Å². The number of carbonyl (C=O) groups excluding carboxylic acids is 2. The molecule has 1 N–H and O–H groups in total. The number of carbonyl (C=O) groups is 2. The Bertz CT molecular complexity index is 730. The summed E-state index contributed by atoms with van der Waals surface area (Å²) in [6.07, 6.45) is 0.516. The standard InChI is InChI=1S/C16H18FN3O4/c1-10-3-4-11(9-12(10)17)16-19-14(24-20-16)6-5-13(21)18-8-7-15(22)23-2/h3-4,9H,5-8H2,1-2H3,(H,18,21). The van der Waals surface area contributed by atoms with Crippen LogP contribution in [-0.2, 0) is 20.7 Å². The maximum atomic E-state index is 13.6. The van der Waals surface area contributed by atoms with Gasteiger partial charge in [-0.1, -0.05) is 17.3 Å². The van der Waals surface area contributed by atoms with Crippen molar-refractivity contribution in [3.05, 3.63) is 35.5 Å². The monoisotopic (exact) mass is 335 g/mol. The van der Waals surface area contributed by atoms with Gasteiger partial charge in [0.05, 0.1) is 13.5 Å². The van der Waals surface area contributed by atoms with Crippen molar-refractivity contribution in [3.63, 3.8) is 0 Å². The second-order valence-electron chi connectivity index (χ2n) is 5.15. The molecule has 24 heavy (non-hydrogen) atoms. The zero-order chi connectivity index (χ0) is 17.5. The van der Waals surface area contributed by atoms with E-state index in [0.29, 0.717) is 11.1 Å². The van der Waals surface area contributed by atoms with Crippen molar-refractivity contribution in [3.8, 4) is 11.4 Å². The van der Waals surface area contributed by atoms with Crippen LogP contribution < -0.4 is 5.32 Å². The number of aromatic nitrogens is 2. The maximum Gasteiger partial charge on any atom is 0.307 e. The minimum atomic E-state index is -0.387. The minimum absolute atomic E-state index is 0.117. The number of esters is 1. The van der Waals surface area contributed by atoms with Crippen molar-refractivity contribution in [2.45, 2.75) is 26.2 Å². The molecule has 0 saturated heterocycles. The molecule has 0 atom stereocenters. The molecule has 0 aliphatic rings. The zero-order valence-electron chi connectivity index (χ0n) is 13.5. The highest BCUT2D eigenvalue weighted by atomic mass is 19.1. The molecule has 0 aliphatic carbocycles. The Morgan fingerprint density at radius 2 is 2.12 bits per heavy atom. The van der Waals surface area contributed by atoms with Crippen molar-refractivity contribution in [1.82, 2.24) is 15.5 Å². The summed E-state index contributed by atoms with van der Waals surface area (Å²) in [7, 11) is 1.29. The topological polar surface area (TPSA) is 94.3 Å². The van der Waals surface area contributed by atoms with Gasteiger partial charge in [-0.15, -0.1) is 0 Å². The second-order valence-corrected chi connectivity index (χ2v) is 5.15. The Morgan fingerprint density at radius 3 is 2.83 bits per heavy atom. The first-order chi connectivity index (χ1) is 11.5. The molecule has 2 aromatic rings. The number of rotatable bonds is 7. The van der Waals surface area contributed by atoms with Crippen LogP contribution in [0.4, 0.5) is 4.39 Å². The number of benzene rings is 1. The number of nitrogens with zero attached hydrogens (tertiary/aromatic N) is 2. The molecule has 1 heterocycles. The molecule has 128 valence electrons. The van der Waals surface area contributed by atoms with Gasteiger partial charge in [-0.2, -0.15) is 4.98 Å². The van der Waals surface area contributed by atoms with Crippen LogP contribution in [0, 0.1) is 12.7 Å². The van der Waals surface area contributed by atoms with Crippen LogP contribution in [0.2, 0.25) is 0 Å². The molecule has 1 aromatic carbocycles. The molecular formula is C16H18FN3O4. The summed E-state index contributed by atoms with van der Waals surface area (Å²) in [6.45, 7) is 1.88. The minimum Gasteiger partial charge on any atom is -0.469 e. The molecule has 0 bridgehead atoms. The normalized spacial score (nSPS) is 10.5. The first kappa shape index (κ1) is 17.6. The summed E-state index contributed by atoms with van der Waals surface area (Å²) < 4.78 is 23.1. The number of hydrogen-bond acceptors (Lipinski definition) is 6. The van der Waals surface area contributed by atoms with E-state index in [1.54, 1.807) is 19.1 Å². The van der Waals surface area contributed by atoms with Gasteiger partial charge in [-0.25, -0.2) is 4.39 Å². The predicted octanol–water partition coefficient (Wildman–Crippen LogP) is 1.80. The van der Waals surface area contributed by atoms with E-state index in [-0.39, 0.29) is 55.2 Å². The number of methoxy groups -OCH3 is 1.